The van der Waals surface area contributed by atoms with Gasteiger partial charge in [-0.1, -0.05) is 13.8 Å². The van der Waals surface area contributed by atoms with E-state index in [1.165, 1.54) is 7.05 Å². The lowest BCUT2D eigenvalue weighted by Crippen LogP contribution is -2.48. The molecule has 2 atom stereocenters. The van der Waals surface area contributed by atoms with Crippen LogP contribution in [0.3, 0.4) is 0 Å². The Morgan fingerprint density at radius 2 is 1.93 bits per heavy atom. The van der Waals surface area contributed by atoms with Gasteiger partial charge >= 0.3 is 6.03 Å². The van der Waals surface area contributed by atoms with E-state index in [0.29, 0.717) is 6.04 Å². The van der Waals surface area contributed by atoms with Crippen molar-refractivity contribution in [1.82, 2.24) is 16.0 Å². The number of imide groups is 1. The van der Waals surface area contributed by atoms with Crippen molar-refractivity contribution in [2.45, 2.75) is 39.3 Å². The highest BCUT2D eigenvalue weighted by molar-refractivity contribution is 5.96. The lowest BCUT2D eigenvalue weighted by atomic mass is 10.2. The molecule has 2 unspecified atom stereocenters. The second-order valence-corrected chi connectivity index (χ2v) is 4.70. The molecule has 3 amide bonds. The van der Waals surface area contributed by atoms with Crippen LogP contribution >= 0.6 is 0 Å². The largest absolute Gasteiger partial charge is 0.341 e. The van der Waals surface area contributed by atoms with Crippen molar-refractivity contribution in [1.29, 1.82) is 0 Å². The lowest BCUT2D eigenvalue weighted by molar-refractivity contribution is -0.121. The number of amides is 3. The Bertz CT molecular complexity index is 276. The minimum atomic E-state index is -0.469. The van der Waals surface area contributed by atoms with Crippen LogP contribution in [0.15, 0.2) is 0 Å². The average molecular weight is 213 g/mol. The molecule has 5 heteroatoms. The molecule has 0 heterocycles. The minimum Gasteiger partial charge on any atom is -0.341 e. The van der Waals surface area contributed by atoms with E-state index >= 15 is 0 Å². The van der Waals surface area contributed by atoms with Gasteiger partial charge < -0.3 is 10.6 Å². The highest BCUT2D eigenvalue weighted by atomic mass is 16.2. The maximum absolute atomic E-state index is 11.5. The lowest BCUT2D eigenvalue weighted by Gasteiger charge is -2.14. The van der Waals surface area contributed by atoms with Crippen LogP contribution in [0.25, 0.3) is 0 Å². The smallest absolute Gasteiger partial charge is 0.321 e. The molecule has 5 nitrogen and oxygen atoms in total. The fraction of sp³-hybridized carbons (Fsp3) is 0.800. The van der Waals surface area contributed by atoms with Gasteiger partial charge in [-0.15, -0.1) is 0 Å². The Kier molecular flexibility index (Phi) is 3.34. The normalized spacial score (nSPS) is 24.1. The molecule has 86 valence electrons. The summed E-state index contributed by atoms with van der Waals surface area (Å²) in [7, 11) is 1.48. The van der Waals surface area contributed by atoms with Crippen molar-refractivity contribution in [3.05, 3.63) is 0 Å². The molecule has 0 spiro atoms. The maximum Gasteiger partial charge on any atom is 0.321 e. The standard InChI is InChI=1S/C10H19N3O2/c1-6(8(14)13-9(15)11-4)12-7-5-10(7,2)3/h6-7,12H,5H2,1-4H3,(H2,11,13,14,15). The van der Waals surface area contributed by atoms with Gasteiger partial charge in [0, 0.05) is 13.1 Å². The minimum absolute atomic E-state index is 0.279. The first kappa shape index (κ1) is 12.0. The molecule has 1 rings (SSSR count). The van der Waals surface area contributed by atoms with E-state index in [1.54, 1.807) is 6.92 Å². The van der Waals surface area contributed by atoms with Gasteiger partial charge in [-0.25, -0.2) is 4.79 Å². The molecule has 0 bridgehead atoms. The molecule has 0 radical (unpaired) electrons. The average Bonchev–Trinajstić information content (AvgIpc) is 2.73. The van der Waals surface area contributed by atoms with Gasteiger partial charge in [0.05, 0.1) is 6.04 Å². The van der Waals surface area contributed by atoms with E-state index in [0.717, 1.165) is 6.42 Å². The third-order valence-electron chi connectivity index (χ3n) is 2.82. The van der Waals surface area contributed by atoms with Crippen molar-refractivity contribution in [3.8, 4) is 0 Å². The van der Waals surface area contributed by atoms with E-state index in [-0.39, 0.29) is 17.4 Å². The summed E-state index contributed by atoms with van der Waals surface area (Å²) in [6.07, 6.45) is 1.07. The summed E-state index contributed by atoms with van der Waals surface area (Å²) in [5.74, 6) is -0.294. The summed E-state index contributed by atoms with van der Waals surface area (Å²) >= 11 is 0. The molecule has 1 aliphatic rings. The zero-order valence-corrected chi connectivity index (χ0v) is 9.68. The molecule has 1 aliphatic carbocycles. The molecular weight excluding hydrogens is 194 g/mol. The molecule has 1 fully saturated rings. The van der Waals surface area contributed by atoms with Crippen LogP contribution in [0.2, 0.25) is 0 Å². The van der Waals surface area contributed by atoms with Crippen LogP contribution in [-0.4, -0.2) is 31.1 Å². The topological polar surface area (TPSA) is 70.2 Å². The van der Waals surface area contributed by atoms with Crippen LogP contribution < -0.4 is 16.0 Å². The first-order valence-corrected chi connectivity index (χ1v) is 5.15. The zero-order valence-electron chi connectivity index (χ0n) is 9.68. The van der Waals surface area contributed by atoms with E-state index in [4.69, 9.17) is 0 Å². The monoisotopic (exact) mass is 213 g/mol. The Labute approximate surface area is 90.0 Å². The molecule has 1 saturated carbocycles. The number of hydrogen-bond acceptors (Lipinski definition) is 3. The number of urea groups is 1. The number of nitrogens with one attached hydrogen (secondary N) is 3. The first-order valence-electron chi connectivity index (χ1n) is 5.15. The SMILES string of the molecule is CNC(=O)NC(=O)C(C)NC1CC1(C)C. The predicted molar refractivity (Wildman–Crippen MR) is 57.4 cm³/mol. The highest BCUT2D eigenvalue weighted by Gasteiger charge is 2.46. The second kappa shape index (κ2) is 4.18. The van der Waals surface area contributed by atoms with Crippen LogP contribution in [0.4, 0.5) is 4.79 Å². The van der Waals surface area contributed by atoms with Gasteiger partial charge in [-0.3, -0.25) is 10.1 Å². The van der Waals surface area contributed by atoms with Crippen LogP contribution in [0.5, 0.6) is 0 Å². The Hall–Kier alpha value is -1.10. The van der Waals surface area contributed by atoms with Crippen LogP contribution in [0.1, 0.15) is 27.2 Å². The van der Waals surface area contributed by atoms with E-state index in [9.17, 15) is 9.59 Å². The quantitative estimate of drug-likeness (QED) is 0.628. The van der Waals surface area contributed by atoms with Crippen molar-refractivity contribution < 1.29 is 9.59 Å². The summed E-state index contributed by atoms with van der Waals surface area (Å²) in [5.41, 5.74) is 0.279. The molecule has 0 aromatic carbocycles. The van der Waals surface area contributed by atoms with Gasteiger partial charge in [-0.05, 0) is 18.8 Å². The number of carbonyl (C=O) groups is 2. The van der Waals surface area contributed by atoms with Crippen LogP contribution in [0, 0.1) is 5.41 Å². The number of carbonyl (C=O) groups excluding carboxylic acids is 2. The van der Waals surface area contributed by atoms with Crippen molar-refractivity contribution in [2.24, 2.45) is 5.41 Å². The second-order valence-electron chi connectivity index (χ2n) is 4.70. The van der Waals surface area contributed by atoms with Crippen molar-refractivity contribution in [2.75, 3.05) is 7.05 Å². The molecule has 0 aromatic heterocycles. The molecule has 0 saturated heterocycles. The zero-order chi connectivity index (χ0) is 11.6. The molecule has 3 N–H and O–H groups in total. The molecular formula is C10H19N3O2. The summed E-state index contributed by atoms with van der Waals surface area (Å²) in [6.45, 7) is 6.05. The van der Waals surface area contributed by atoms with Gasteiger partial charge in [0.15, 0.2) is 0 Å². The van der Waals surface area contributed by atoms with Gasteiger partial charge in [0.2, 0.25) is 5.91 Å². The Balaban J connectivity index is 2.31. The highest BCUT2D eigenvalue weighted by Crippen LogP contribution is 2.44. The third kappa shape index (κ3) is 3.20. The summed E-state index contributed by atoms with van der Waals surface area (Å²) < 4.78 is 0. The molecule has 0 aromatic rings. The summed E-state index contributed by atoms with van der Waals surface area (Å²) in [5, 5.41) is 7.76. The van der Waals surface area contributed by atoms with E-state index < -0.39 is 6.03 Å². The fourth-order valence-electron chi connectivity index (χ4n) is 1.41. The Morgan fingerprint density at radius 1 is 1.40 bits per heavy atom. The Morgan fingerprint density at radius 3 is 2.33 bits per heavy atom. The van der Waals surface area contributed by atoms with Crippen molar-refractivity contribution >= 4 is 11.9 Å². The van der Waals surface area contributed by atoms with E-state index in [2.05, 4.69) is 29.8 Å². The van der Waals surface area contributed by atoms with Gasteiger partial charge in [-0.2, -0.15) is 0 Å². The number of rotatable bonds is 3. The van der Waals surface area contributed by atoms with Gasteiger partial charge in [0.25, 0.3) is 0 Å². The molecule has 0 aliphatic heterocycles. The fourth-order valence-corrected chi connectivity index (χ4v) is 1.41. The first-order chi connectivity index (χ1) is 6.86. The maximum atomic E-state index is 11.5. The predicted octanol–water partition coefficient (Wildman–Crippen LogP) is 0.219. The van der Waals surface area contributed by atoms with Crippen LogP contribution in [-0.2, 0) is 4.79 Å². The summed E-state index contributed by atoms with van der Waals surface area (Å²) in [4.78, 5) is 22.3. The van der Waals surface area contributed by atoms with Gasteiger partial charge in [0.1, 0.15) is 0 Å². The number of hydrogen-bond donors (Lipinski definition) is 3. The van der Waals surface area contributed by atoms with Crippen molar-refractivity contribution in [3.63, 3.8) is 0 Å². The van der Waals surface area contributed by atoms with E-state index in [1.807, 2.05) is 0 Å². The third-order valence-corrected chi connectivity index (χ3v) is 2.82. The summed E-state index contributed by atoms with van der Waals surface area (Å²) in [6, 6.07) is -0.430. The molecule has 15 heavy (non-hydrogen) atoms.